The lowest BCUT2D eigenvalue weighted by molar-refractivity contribution is -0.134. The van der Waals surface area contributed by atoms with Crippen LogP contribution in [0.25, 0.3) is 0 Å². The van der Waals surface area contributed by atoms with Crippen LogP contribution in [0.2, 0.25) is 0 Å². The van der Waals surface area contributed by atoms with E-state index < -0.39 is 34.1 Å². The van der Waals surface area contributed by atoms with Crippen molar-refractivity contribution < 1.29 is 23.1 Å². The summed E-state index contributed by atoms with van der Waals surface area (Å²) in [6, 6.07) is 13.5. The highest BCUT2D eigenvalue weighted by Gasteiger charge is 2.32. The first-order valence-corrected chi connectivity index (χ1v) is 12.0. The molecule has 1 aliphatic rings. The second kappa shape index (κ2) is 10.5. The molecule has 2 amide bonds. The molecule has 9 nitrogen and oxygen atoms in total. The van der Waals surface area contributed by atoms with E-state index in [1.807, 2.05) is 13.0 Å². The Morgan fingerprint density at radius 3 is 2.64 bits per heavy atom. The van der Waals surface area contributed by atoms with Crippen LogP contribution in [0.1, 0.15) is 29.5 Å². The van der Waals surface area contributed by atoms with Gasteiger partial charge in [0.1, 0.15) is 6.04 Å². The zero-order valence-electron chi connectivity index (χ0n) is 18.2. The highest BCUT2D eigenvalue weighted by atomic mass is 32.2. The molecule has 0 spiro atoms. The number of carbonyl (C=O) groups excluding carboxylic acids is 1. The van der Waals surface area contributed by atoms with Gasteiger partial charge in [-0.3, -0.25) is 4.79 Å². The minimum Gasteiger partial charge on any atom is -0.465 e. The Morgan fingerprint density at radius 1 is 1.24 bits per heavy atom. The first-order chi connectivity index (χ1) is 15.7. The van der Waals surface area contributed by atoms with Crippen LogP contribution in [-0.2, 0) is 21.2 Å². The molecule has 0 bridgehead atoms. The number of hydrogen-bond acceptors (Lipinski definition) is 5. The van der Waals surface area contributed by atoms with Gasteiger partial charge in [-0.2, -0.15) is 9.98 Å². The molecule has 174 valence electrons. The topological polar surface area (TPSA) is 140 Å². The quantitative estimate of drug-likeness (QED) is 0.566. The van der Waals surface area contributed by atoms with Gasteiger partial charge in [-0.15, -0.1) is 0 Å². The van der Waals surface area contributed by atoms with Gasteiger partial charge >= 0.3 is 6.09 Å². The molecular formula is C23H26N4O5S. The van der Waals surface area contributed by atoms with E-state index in [0.29, 0.717) is 30.5 Å². The second-order valence-electron chi connectivity index (χ2n) is 8.08. The smallest absolute Gasteiger partial charge is 0.404 e. The standard InChI is InChI=1S/C23H26N4O5S/c1-16-7-9-20(10-8-16)33(31,32)26-21(13-17-4-2-5-18(12-17)14-24)22(28)27-11-3-6-19(15-27)25-23(29)30/h2,4-5,7-10,12,19,21,25-26H,3,6,11,13,15H2,1H3,(H,29,30)/t19-,21-/m0/s1. The molecule has 0 unspecified atom stereocenters. The number of aryl methyl sites for hydroxylation is 1. The SMILES string of the molecule is Cc1ccc(S(=O)(=O)N[C@@H](Cc2cccc(C#N)c2)C(=O)N2CCC[C@H](NC(=O)O)C2)cc1. The molecule has 1 heterocycles. The van der Waals surface area contributed by atoms with Crippen LogP contribution >= 0.6 is 0 Å². The van der Waals surface area contributed by atoms with Crippen molar-refractivity contribution in [1.82, 2.24) is 14.9 Å². The zero-order chi connectivity index (χ0) is 24.0. The van der Waals surface area contributed by atoms with Crippen LogP contribution in [-0.4, -0.2) is 55.6 Å². The van der Waals surface area contributed by atoms with Crippen LogP contribution in [0.5, 0.6) is 0 Å². The van der Waals surface area contributed by atoms with E-state index in [-0.39, 0.29) is 17.9 Å². The lowest BCUT2D eigenvalue weighted by atomic mass is 10.0. The van der Waals surface area contributed by atoms with Gasteiger partial charge in [0.15, 0.2) is 0 Å². The van der Waals surface area contributed by atoms with E-state index in [4.69, 9.17) is 5.11 Å². The van der Waals surface area contributed by atoms with Crippen molar-refractivity contribution in [1.29, 1.82) is 5.26 Å². The highest BCUT2D eigenvalue weighted by molar-refractivity contribution is 7.89. The zero-order valence-corrected chi connectivity index (χ0v) is 19.0. The predicted octanol–water partition coefficient (Wildman–Crippen LogP) is 2.01. The Kier molecular flexibility index (Phi) is 7.68. The maximum absolute atomic E-state index is 13.4. The van der Waals surface area contributed by atoms with Gasteiger partial charge in [-0.25, -0.2) is 13.2 Å². The van der Waals surface area contributed by atoms with Gasteiger partial charge in [0, 0.05) is 19.1 Å². The van der Waals surface area contributed by atoms with Crippen molar-refractivity contribution >= 4 is 22.0 Å². The van der Waals surface area contributed by atoms with Crippen molar-refractivity contribution in [2.24, 2.45) is 0 Å². The average Bonchev–Trinajstić information content (AvgIpc) is 2.78. The Bertz CT molecular complexity index is 1160. The lowest BCUT2D eigenvalue weighted by Gasteiger charge is -2.35. The van der Waals surface area contributed by atoms with Crippen LogP contribution in [0.3, 0.4) is 0 Å². The number of carboxylic acid groups (broad SMARTS) is 1. The molecule has 0 saturated carbocycles. The van der Waals surface area contributed by atoms with E-state index in [0.717, 1.165) is 5.56 Å². The molecule has 10 heteroatoms. The maximum Gasteiger partial charge on any atom is 0.404 e. The largest absolute Gasteiger partial charge is 0.465 e. The van der Waals surface area contributed by atoms with Crippen LogP contribution in [0.15, 0.2) is 53.4 Å². The highest BCUT2D eigenvalue weighted by Crippen LogP contribution is 2.17. The van der Waals surface area contributed by atoms with Crippen LogP contribution in [0.4, 0.5) is 4.79 Å². The summed E-state index contributed by atoms with van der Waals surface area (Å²) in [7, 11) is -4.00. The predicted molar refractivity (Wildman–Crippen MR) is 121 cm³/mol. The first kappa shape index (κ1) is 24.2. The van der Waals surface area contributed by atoms with Crippen molar-refractivity contribution in [3.63, 3.8) is 0 Å². The normalized spacial score (nSPS) is 17.1. The molecule has 1 aliphatic heterocycles. The van der Waals surface area contributed by atoms with E-state index >= 15 is 0 Å². The third kappa shape index (κ3) is 6.54. The summed E-state index contributed by atoms with van der Waals surface area (Å²) in [5, 5.41) is 20.6. The van der Waals surface area contributed by atoms with Gasteiger partial charge in [-0.05, 0) is 56.0 Å². The van der Waals surface area contributed by atoms with E-state index in [1.54, 1.807) is 36.4 Å². The van der Waals surface area contributed by atoms with Gasteiger partial charge in [0.25, 0.3) is 0 Å². The van der Waals surface area contributed by atoms with Gasteiger partial charge in [0.05, 0.1) is 16.5 Å². The molecule has 0 aromatic heterocycles. The van der Waals surface area contributed by atoms with Gasteiger partial charge in [0.2, 0.25) is 15.9 Å². The molecule has 2 aromatic rings. The van der Waals surface area contributed by atoms with Crippen molar-refractivity contribution in [3.8, 4) is 6.07 Å². The molecule has 1 fully saturated rings. The van der Waals surface area contributed by atoms with Crippen molar-refractivity contribution in [2.75, 3.05) is 13.1 Å². The molecule has 0 radical (unpaired) electrons. The fraction of sp³-hybridized carbons (Fsp3) is 0.348. The molecule has 33 heavy (non-hydrogen) atoms. The Hall–Kier alpha value is -3.42. The number of piperidine rings is 1. The van der Waals surface area contributed by atoms with E-state index in [9.17, 15) is 23.3 Å². The number of carbonyl (C=O) groups is 2. The van der Waals surface area contributed by atoms with Crippen LogP contribution < -0.4 is 10.0 Å². The molecule has 1 saturated heterocycles. The number of amides is 2. The molecule has 0 aliphatic carbocycles. The first-order valence-electron chi connectivity index (χ1n) is 10.5. The van der Waals surface area contributed by atoms with Crippen LogP contribution in [0, 0.1) is 18.3 Å². The second-order valence-corrected chi connectivity index (χ2v) is 9.79. The summed E-state index contributed by atoms with van der Waals surface area (Å²) in [6.45, 7) is 2.40. The molecule has 2 aromatic carbocycles. The number of benzene rings is 2. The Labute approximate surface area is 193 Å². The number of nitrogens with one attached hydrogen (secondary N) is 2. The minimum absolute atomic E-state index is 0.0424. The summed E-state index contributed by atoms with van der Waals surface area (Å²) >= 11 is 0. The number of rotatable bonds is 7. The third-order valence-electron chi connectivity index (χ3n) is 5.48. The number of sulfonamides is 1. The van der Waals surface area contributed by atoms with Gasteiger partial charge < -0.3 is 15.3 Å². The maximum atomic E-state index is 13.4. The summed E-state index contributed by atoms with van der Waals surface area (Å²) in [5.74, 6) is -0.440. The average molecular weight is 471 g/mol. The number of hydrogen-bond donors (Lipinski definition) is 3. The van der Waals surface area contributed by atoms with E-state index in [2.05, 4.69) is 10.0 Å². The van der Waals surface area contributed by atoms with E-state index in [1.165, 1.54) is 17.0 Å². The number of nitrogens with zero attached hydrogens (tertiary/aromatic N) is 2. The monoisotopic (exact) mass is 470 g/mol. The molecule has 3 rings (SSSR count). The summed E-state index contributed by atoms with van der Waals surface area (Å²) < 4.78 is 28.6. The van der Waals surface area contributed by atoms with Crippen molar-refractivity contribution in [2.45, 2.75) is 43.2 Å². The Morgan fingerprint density at radius 2 is 1.97 bits per heavy atom. The summed E-state index contributed by atoms with van der Waals surface area (Å²) in [5.41, 5.74) is 1.94. The number of nitriles is 1. The fourth-order valence-corrected chi connectivity index (χ4v) is 5.04. The third-order valence-corrected chi connectivity index (χ3v) is 6.97. The summed E-state index contributed by atoms with van der Waals surface area (Å²) in [4.78, 5) is 26.0. The summed E-state index contributed by atoms with van der Waals surface area (Å²) in [6.07, 6.45) is 0.0738. The lowest BCUT2D eigenvalue weighted by Crippen LogP contribution is -2.55. The van der Waals surface area contributed by atoms with Crippen molar-refractivity contribution in [3.05, 3.63) is 65.2 Å². The molecular weight excluding hydrogens is 444 g/mol. The van der Waals surface area contributed by atoms with Gasteiger partial charge in [-0.1, -0.05) is 29.8 Å². The molecule has 2 atom stereocenters. The fourth-order valence-electron chi connectivity index (χ4n) is 3.85. The molecule has 3 N–H and O–H groups in total. The number of likely N-dealkylation sites (tertiary alicyclic amines) is 1. The minimum atomic E-state index is -4.00. The Balaban J connectivity index is 1.87.